The number of aryl methyl sites for hydroxylation is 1. The Labute approximate surface area is 116 Å². The Hall–Kier alpha value is -1.96. The third-order valence-corrected chi connectivity index (χ3v) is 3.58. The second-order valence-corrected chi connectivity index (χ2v) is 5.12. The van der Waals surface area contributed by atoms with Crippen LogP contribution in [0.1, 0.15) is 31.4 Å². The minimum atomic E-state index is -0.799. The van der Waals surface area contributed by atoms with E-state index in [9.17, 15) is 15.2 Å². The van der Waals surface area contributed by atoms with Crippen molar-refractivity contribution in [3.63, 3.8) is 0 Å². The van der Waals surface area contributed by atoms with Crippen LogP contribution in [-0.4, -0.2) is 39.2 Å². The van der Waals surface area contributed by atoms with Gasteiger partial charge in [0.25, 0.3) is 0 Å². The molecule has 1 aliphatic rings. The zero-order chi connectivity index (χ0) is 14.8. The fourth-order valence-corrected chi connectivity index (χ4v) is 2.48. The van der Waals surface area contributed by atoms with Crippen molar-refractivity contribution in [1.29, 1.82) is 0 Å². The Balaban J connectivity index is 2.24. The smallest absolute Gasteiger partial charge is 0.332 e. The molecule has 0 saturated heterocycles. The van der Waals surface area contributed by atoms with Crippen LogP contribution in [0, 0.1) is 17.0 Å². The second-order valence-electron chi connectivity index (χ2n) is 5.12. The van der Waals surface area contributed by atoms with Gasteiger partial charge in [0.15, 0.2) is 0 Å². The number of nitrogens with zero attached hydrogens (tertiary/aromatic N) is 3. The van der Waals surface area contributed by atoms with E-state index >= 15 is 0 Å². The van der Waals surface area contributed by atoms with Gasteiger partial charge >= 0.3 is 5.69 Å². The summed E-state index contributed by atoms with van der Waals surface area (Å²) in [6.45, 7) is 1.82. The molecule has 1 aromatic heterocycles. The van der Waals surface area contributed by atoms with Crippen molar-refractivity contribution >= 4 is 17.5 Å². The van der Waals surface area contributed by atoms with Crippen molar-refractivity contribution in [3.05, 3.63) is 15.8 Å². The molecule has 0 unspecified atom stereocenters. The lowest BCUT2D eigenvalue weighted by molar-refractivity contribution is -0.385. The van der Waals surface area contributed by atoms with Crippen LogP contribution >= 0.6 is 0 Å². The molecule has 8 heteroatoms. The largest absolute Gasteiger partial charge is 0.388 e. The first-order valence-electron chi connectivity index (χ1n) is 6.62. The molecule has 2 rings (SSSR count). The predicted octanol–water partition coefficient (Wildman–Crippen LogP) is 1.45. The highest BCUT2D eigenvalue weighted by Gasteiger charge is 2.32. The highest BCUT2D eigenvalue weighted by Crippen LogP contribution is 2.31. The number of hydrogen-bond acceptors (Lipinski definition) is 7. The minimum absolute atomic E-state index is 0.146. The van der Waals surface area contributed by atoms with E-state index in [4.69, 9.17) is 0 Å². The van der Waals surface area contributed by atoms with E-state index in [-0.39, 0.29) is 23.7 Å². The molecule has 1 fully saturated rings. The lowest BCUT2D eigenvalue weighted by atomic mass is 10.0. The number of rotatable bonds is 5. The molecule has 110 valence electrons. The summed E-state index contributed by atoms with van der Waals surface area (Å²) in [4.78, 5) is 18.7. The summed E-state index contributed by atoms with van der Waals surface area (Å²) in [5, 5.41) is 27.1. The van der Waals surface area contributed by atoms with Gasteiger partial charge < -0.3 is 15.7 Å². The number of nitrogens with one attached hydrogen (secondary N) is 2. The minimum Gasteiger partial charge on any atom is -0.388 e. The van der Waals surface area contributed by atoms with Crippen molar-refractivity contribution in [2.75, 3.05) is 24.2 Å². The molecule has 1 heterocycles. The summed E-state index contributed by atoms with van der Waals surface area (Å²) in [5.41, 5.74) is -0.659. The number of aromatic nitrogens is 2. The van der Waals surface area contributed by atoms with Crippen molar-refractivity contribution in [3.8, 4) is 0 Å². The summed E-state index contributed by atoms with van der Waals surface area (Å²) in [7, 11) is 1.65. The molecule has 0 bridgehead atoms. The van der Waals surface area contributed by atoms with E-state index < -0.39 is 10.5 Å². The van der Waals surface area contributed by atoms with Crippen LogP contribution in [0.15, 0.2) is 0 Å². The molecule has 0 aliphatic heterocycles. The quantitative estimate of drug-likeness (QED) is 0.553. The Morgan fingerprint density at radius 3 is 2.60 bits per heavy atom. The predicted molar refractivity (Wildman–Crippen MR) is 74.9 cm³/mol. The van der Waals surface area contributed by atoms with Crippen LogP contribution in [0.4, 0.5) is 17.5 Å². The van der Waals surface area contributed by atoms with E-state index in [1.807, 2.05) is 0 Å². The highest BCUT2D eigenvalue weighted by molar-refractivity contribution is 5.60. The van der Waals surface area contributed by atoms with E-state index in [1.165, 1.54) is 0 Å². The summed E-state index contributed by atoms with van der Waals surface area (Å²) in [6.07, 6.45) is 3.36. The molecule has 20 heavy (non-hydrogen) atoms. The summed E-state index contributed by atoms with van der Waals surface area (Å²) in [5.74, 6) is 0.459. The Morgan fingerprint density at radius 2 is 2.05 bits per heavy atom. The van der Waals surface area contributed by atoms with Gasteiger partial charge in [0.1, 0.15) is 5.69 Å². The van der Waals surface area contributed by atoms with E-state index in [0.29, 0.717) is 18.8 Å². The van der Waals surface area contributed by atoms with Gasteiger partial charge in [-0.05, 0) is 19.8 Å². The van der Waals surface area contributed by atoms with Crippen molar-refractivity contribution in [1.82, 2.24) is 9.97 Å². The molecular weight excluding hydrogens is 262 g/mol. The standard InChI is InChI=1S/C12H19N5O3/c1-8-9(17(19)20)10(16-11(13-2)15-8)14-7-12(18)5-3-4-6-12/h18H,3-7H2,1-2H3,(H2,13,14,15,16). The third kappa shape index (κ3) is 2.96. The van der Waals surface area contributed by atoms with Crippen LogP contribution < -0.4 is 10.6 Å². The van der Waals surface area contributed by atoms with Crippen LogP contribution in [0.3, 0.4) is 0 Å². The number of nitro groups is 1. The van der Waals surface area contributed by atoms with Crippen molar-refractivity contribution in [2.45, 2.75) is 38.2 Å². The SMILES string of the molecule is CNc1nc(C)c([N+](=O)[O-])c(NCC2(O)CCCC2)n1. The maximum Gasteiger partial charge on any atom is 0.332 e. The molecule has 0 radical (unpaired) electrons. The summed E-state index contributed by atoms with van der Waals surface area (Å²) >= 11 is 0. The van der Waals surface area contributed by atoms with Crippen LogP contribution in [0.2, 0.25) is 0 Å². The third-order valence-electron chi connectivity index (χ3n) is 3.58. The molecular formula is C12H19N5O3. The summed E-state index contributed by atoms with van der Waals surface area (Å²) < 4.78 is 0. The van der Waals surface area contributed by atoms with Crippen LogP contribution in [-0.2, 0) is 0 Å². The van der Waals surface area contributed by atoms with E-state index in [1.54, 1.807) is 14.0 Å². The van der Waals surface area contributed by atoms with Gasteiger partial charge in [-0.2, -0.15) is 4.98 Å². The first-order valence-corrected chi connectivity index (χ1v) is 6.62. The van der Waals surface area contributed by atoms with E-state index in [2.05, 4.69) is 20.6 Å². The first kappa shape index (κ1) is 14.4. The maximum absolute atomic E-state index is 11.1. The van der Waals surface area contributed by atoms with Gasteiger partial charge in [0, 0.05) is 13.6 Å². The van der Waals surface area contributed by atoms with Gasteiger partial charge in [0.2, 0.25) is 11.8 Å². The van der Waals surface area contributed by atoms with Crippen molar-refractivity contribution in [2.24, 2.45) is 0 Å². The molecule has 0 aromatic carbocycles. The molecule has 8 nitrogen and oxygen atoms in total. The highest BCUT2D eigenvalue weighted by atomic mass is 16.6. The summed E-state index contributed by atoms with van der Waals surface area (Å²) in [6, 6.07) is 0. The van der Waals surface area contributed by atoms with Gasteiger partial charge in [-0.25, -0.2) is 4.98 Å². The Kier molecular flexibility index (Phi) is 4.03. The molecule has 0 spiro atoms. The number of hydrogen-bond donors (Lipinski definition) is 3. The molecule has 1 aliphatic carbocycles. The normalized spacial score (nSPS) is 16.9. The second kappa shape index (κ2) is 5.58. The van der Waals surface area contributed by atoms with Gasteiger partial charge in [-0.15, -0.1) is 0 Å². The van der Waals surface area contributed by atoms with Crippen LogP contribution in [0.25, 0.3) is 0 Å². The first-order chi connectivity index (χ1) is 9.45. The molecule has 0 amide bonds. The zero-order valence-corrected chi connectivity index (χ0v) is 11.6. The molecule has 0 atom stereocenters. The Bertz CT molecular complexity index is 514. The maximum atomic E-state index is 11.1. The molecule has 3 N–H and O–H groups in total. The van der Waals surface area contributed by atoms with Crippen molar-refractivity contribution < 1.29 is 10.0 Å². The fraction of sp³-hybridized carbons (Fsp3) is 0.667. The van der Waals surface area contributed by atoms with Crippen LogP contribution in [0.5, 0.6) is 0 Å². The van der Waals surface area contributed by atoms with Gasteiger partial charge in [-0.1, -0.05) is 12.8 Å². The van der Waals surface area contributed by atoms with E-state index in [0.717, 1.165) is 12.8 Å². The number of anilines is 2. The lowest BCUT2D eigenvalue weighted by Crippen LogP contribution is -2.34. The average Bonchev–Trinajstić information content (AvgIpc) is 2.82. The topological polar surface area (TPSA) is 113 Å². The average molecular weight is 281 g/mol. The van der Waals surface area contributed by atoms with Gasteiger partial charge in [0.05, 0.1) is 10.5 Å². The monoisotopic (exact) mass is 281 g/mol. The molecule has 1 saturated carbocycles. The zero-order valence-electron chi connectivity index (χ0n) is 11.6. The fourth-order valence-electron chi connectivity index (χ4n) is 2.48. The lowest BCUT2D eigenvalue weighted by Gasteiger charge is -2.22. The van der Waals surface area contributed by atoms with Gasteiger partial charge in [-0.3, -0.25) is 10.1 Å². The molecule has 1 aromatic rings. The number of aliphatic hydroxyl groups is 1. The Morgan fingerprint density at radius 1 is 1.40 bits per heavy atom.